The zero-order valence-electron chi connectivity index (χ0n) is 19.5. The van der Waals surface area contributed by atoms with Gasteiger partial charge in [-0.3, -0.25) is 0 Å². The fraction of sp³-hybridized carbons (Fsp3) is 0.0968. The lowest BCUT2D eigenvalue weighted by Crippen LogP contribution is -1.96. The first-order valence-electron chi connectivity index (χ1n) is 11.5. The highest BCUT2D eigenvalue weighted by Crippen LogP contribution is 2.41. The van der Waals surface area contributed by atoms with Crippen LogP contribution in [0.4, 0.5) is 0 Å². The summed E-state index contributed by atoms with van der Waals surface area (Å²) in [6.45, 7) is 10.4. The summed E-state index contributed by atoms with van der Waals surface area (Å²) >= 11 is 1.74. The lowest BCUT2D eigenvalue weighted by molar-refractivity contribution is 1.17. The molecule has 0 fully saturated rings. The van der Waals surface area contributed by atoms with Gasteiger partial charge in [0.15, 0.2) is 5.82 Å². The van der Waals surface area contributed by atoms with Crippen molar-refractivity contribution in [3.63, 3.8) is 0 Å². The van der Waals surface area contributed by atoms with Gasteiger partial charge in [0.2, 0.25) is 0 Å². The second-order valence-corrected chi connectivity index (χ2v) is 9.73. The Morgan fingerprint density at radius 3 is 2.32 bits per heavy atom. The van der Waals surface area contributed by atoms with Crippen molar-refractivity contribution in [1.29, 1.82) is 0 Å². The Morgan fingerprint density at radius 1 is 0.853 bits per heavy atom. The molecule has 0 unspecified atom stereocenters. The first kappa shape index (κ1) is 20.8. The van der Waals surface area contributed by atoms with Gasteiger partial charge in [-0.25, -0.2) is 9.97 Å². The smallest absolute Gasteiger partial charge is 0.156 e. The highest BCUT2D eigenvalue weighted by molar-refractivity contribution is 7.25. The van der Waals surface area contributed by atoms with E-state index in [2.05, 4.69) is 93.2 Å². The van der Waals surface area contributed by atoms with Crippen LogP contribution in [0.1, 0.15) is 30.8 Å². The van der Waals surface area contributed by atoms with E-state index >= 15 is 0 Å². The lowest BCUT2D eigenvalue weighted by Gasteiger charge is -2.14. The molecule has 6 rings (SSSR count). The molecule has 0 spiro atoms. The predicted octanol–water partition coefficient (Wildman–Crippen LogP) is 9.19. The molecule has 2 nitrogen and oxygen atoms in total. The van der Waals surface area contributed by atoms with E-state index in [-0.39, 0.29) is 0 Å². The Labute approximate surface area is 202 Å². The van der Waals surface area contributed by atoms with E-state index < -0.39 is 0 Å². The minimum absolute atomic E-state index is 0.790. The monoisotopic (exact) mass is 456 g/mol. The molecule has 3 heteroatoms. The van der Waals surface area contributed by atoms with Gasteiger partial charge in [-0.05, 0) is 71.1 Å². The molecule has 0 amide bonds. The molecular weight excluding hydrogens is 432 g/mol. The quantitative estimate of drug-likeness (QED) is 0.248. The maximum atomic E-state index is 5.11. The molecule has 0 saturated carbocycles. The average Bonchev–Trinajstić information content (AvgIpc) is 3.26. The fourth-order valence-corrected chi connectivity index (χ4v) is 6.01. The van der Waals surface area contributed by atoms with Crippen molar-refractivity contribution >= 4 is 64.8 Å². The summed E-state index contributed by atoms with van der Waals surface area (Å²) < 4.78 is 1.24. The molecule has 0 aliphatic rings. The van der Waals surface area contributed by atoms with Crippen LogP contribution in [-0.4, -0.2) is 9.97 Å². The van der Waals surface area contributed by atoms with E-state index in [1.807, 2.05) is 13.0 Å². The summed E-state index contributed by atoms with van der Waals surface area (Å²) in [4.78, 5) is 11.1. The number of fused-ring (bicyclic) bond motifs is 6. The average molecular weight is 457 g/mol. The lowest BCUT2D eigenvalue weighted by atomic mass is 9.90. The Bertz CT molecular complexity index is 1800. The van der Waals surface area contributed by atoms with E-state index in [0.29, 0.717) is 0 Å². The Kier molecular flexibility index (Phi) is 4.82. The summed E-state index contributed by atoms with van der Waals surface area (Å²) in [6, 6.07) is 23.9. The second-order valence-electron chi connectivity index (χ2n) is 8.69. The maximum Gasteiger partial charge on any atom is 0.156 e. The van der Waals surface area contributed by atoms with Crippen molar-refractivity contribution in [2.75, 3.05) is 0 Å². The number of aryl methyl sites for hydroxylation is 1. The summed E-state index contributed by atoms with van der Waals surface area (Å²) in [5.41, 5.74) is 5.63. The van der Waals surface area contributed by atoms with Gasteiger partial charge >= 0.3 is 0 Å². The normalized spacial score (nSPS) is 12.3. The van der Waals surface area contributed by atoms with Crippen molar-refractivity contribution < 1.29 is 0 Å². The molecule has 0 radical (unpaired) electrons. The zero-order chi connectivity index (χ0) is 23.4. The summed E-state index contributed by atoms with van der Waals surface area (Å²) in [5.74, 6) is 0.790. The minimum Gasteiger partial charge on any atom is -0.228 e. The van der Waals surface area contributed by atoms with Crippen LogP contribution in [0.3, 0.4) is 0 Å². The molecule has 4 aromatic carbocycles. The molecule has 0 saturated heterocycles. The van der Waals surface area contributed by atoms with Crippen molar-refractivity contribution in [2.45, 2.75) is 20.8 Å². The molecular formula is C31H24N2S. The number of hydrogen-bond donors (Lipinski definition) is 0. The first-order valence-corrected chi connectivity index (χ1v) is 12.3. The summed E-state index contributed by atoms with van der Waals surface area (Å²) in [7, 11) is 0. The molecule has 34 heavy (non-hydrogen) atoms. The van der Waals surface area contributed by atoms with Crippen LogP contribution in [0.5, 0.6) is 0 Å². The number of allylic oxidation sites excluding steroid dienone is 2. The van der Waals surface area contributed by atoms with E-state index in [4.69, 9.17) is 9.97 Å². The zero-order valence-corrected chi connectivity index (χ0v) is 20.3. The number of hydrogen-bond acceptors (Lipinski definition) is 3. The topological polar surface area (TPSA) is 25.8 Å². The number of benzene rings is 4. The van der Waals surface area contributed by atoms with Crippen molar-refractivity contribution in [1.82, 2.24) is 9.97 Å². The molecule has 2 aromatic heterocycles. The summed E-state index contributed by atoms with van der Waals surface area (Å²) in [6.07, 6.45) is 4.05. The molecule has 2 heterocycles. The van der Waals surface area contributed by atoms with Gasteiger partial charge in [0, 0.05) is 21.0 Å². The Hall–Kier alpha value is -3.82. The standard InChI is InChI=1S/C31H24N2S/c1-5-18(3)30-32-29(28-25-13-9-10-14-27(25)34-31(28)33-30)20-15-16-24-23-12-8-7-11-22(23)21(6-2)19(4)26(24)17-20/h5-17H,2H2,1,3-4H3. The number of thiophene rings is 1. The van der Waals surface area contributed by atoms with Gasteiger partial charge in [-0.15, -0.1) is 11.3 Å². The van der Waals surface area contributed by atoms with Crippen LogP contribution in [0.15, 0.2) is 79.4 Å². The molecule has 0 aliphatic heterocycles. The van der Waals surface area contributed by atoms with Gasteiger partial charge in [0.1, 0.15) is 4.83 Å². The molecule has 0 bridgehead atoms. The van der Waals surface area contributed by atoms with E-state index in [1.165, 1.54) is 42.8 Å². The van der Waals surface area contributed by atoms with Gasteiger partial charge in [0.05, 0.1) is 5.69 Å². The number of nitrogens with zero attached hydrogens (tertiary/aromatic N) is 2. The van der Waals surface area contributed by atoms with Crippen LogP contribution >= 0.6 is 11.3 Å². The molecule has 0 N–H and O–H groups in total. The number of aromatic nitrogens is 2. The van der Waals surface area contributed by atoms with Crippen LogP contribution in [0, 0.1) is 6.92 Å². The highest BCUT2D eigenvalue weighted by atomic mass is 32.1. The van der Waals surface area contributed by atoms with Crippen molar-refractivity contribution in [3.8, 4) is 11.3 Å². The van der Waals surface area contributed by atoms with Crippen LogP contribution in [0.2, 0.25) is 0 Å². The highest BCUT2D eigenvalue weighted by Gasteiger charge is 2.18. The third kappa shape index (κ3) is 3.01. The number of rotatable bonds is 3. The molecule has 0 aliphatic carbocycles. The molecule has 6 aromatic rings. The minimum atomic E-state index is 0.790. The van der Waals surface area contributed by atoms with Gasteiger partial charge in [0.25, 0.3) is 0 Å². The molecule has 164 valence electrons. The van der Waals surface area contributed by atoms with E-state index in [1.54, 1.807) is 11.3 Å². The Balaban J connectivity index is 1.74. The largest absolute Gasteiger partial charge is 0.228 e. The van der Waals surface area contributed by atoms with Crippen molar-refractivity contribution in [3.05, 3.63) is 96.3 Å². The van der Waals surface area contributed by atoms with Crippen LogP contribution in [-0.2, 0) is 0 Å². The Morgan fingerprint density at radius 2 is 1.56 bits per heavy atom. The van der Waals surface area contributed by atoms with Gasteiger partial charge in [-0.1, -0.05) is 73.3 Å². The molecule has 0 atom stereocenters. The van der Waals surface area contributed by atoms with E-state index in [0.717, 1.165) is 32.9 Å². The van der Waals surface area contributed by atoms with Crippen LogP contribution in [0.25, 0.3) is 64.8 Å². The van der Waals surface area contributed by atoms with Crippen molar-refractivity contribution in [2.24, 2.45) is 0 Å². The van der Waals surface area contributed by atoms with Gasteiger partial charge < -0.3 is 0 Å². The SMILES string of the molecule is C=Cc1c(C)c2cc(-c3nc(C(C)=CC)nc4sc5ccccc5c34)ccc2c2ccccc12. The fourth-order valence-electron chi connectivity index (χ4n) is 4.94. The second kappa shape index (κ2) is 7.89. The maximum absolute atomic E-state index is 5.11. The predicted molar refractivity (Wildman–Crippen MR) is 150 cm³/mol. The van der Waals surface area contributed by atoms with Gasteiger partial charge in [-0.2, -0.15) is 0 Å². The van der Waals surface area contributed by atoms with E-state index in [9.17, 15) is 0 Å². The third-order valence-electron chi connectivity index (χ3n) is 6.84. The summed E-state index contributed by atoms with van der Waals surface area (Å²) in [5, 5.41) is 7.34. The third-order valence-corrected chi connectivity index (χ3v) is 7.90. The first-order chi connectivity index (χ1) is 16.6. The van der Waals surface area contributed by atoms with Crippen LogP contribution < -0.4 is 0 Å².